The fraction of sp³-hybridized carbons (Fsp3) is 0.250. The number of carbonyl (C=O) groups excluding carboxylic acids is 2. The molecule has 2 N–H and O–H groups in total. The second-order valence-electron chi connectivity index (χ2n) is 3.87. The van der Waals surface area contributed by atoms with E-state index in [0.29, 0.717) is 11.1 Å². The van der Waals surface area contributed by atoms with Crippen LogP contribution < -0.4 is 10.6 Å². The zero-order chi connectivity index (χ0) is 16.0. The van der Waals surface area contributed by atoms with Crippen molar-refractivity contribution in [2.24, 2.45) is 0 Å². The number of rotatable bonds is 2. The number of amides is 2. The van der Waals surface area contributed by atoms with Gasteiger partial charge in [0.25, 0.3) is 0 Å². The normalized spacial score (nSPS) is 7.80. The molecule has 0 bridgehead atoms. The highest BCUT2D eigenvalue weighted by atomic mass is 16.2. The fourth-order valence-corrected chi connectivity index (χ4v) is 0.812. The Bertz CT molecular complexity index is 373. The van der Waals surface area contributed by atoms with Crippen molar-refractivity contribution in [1.82, 2.24) is 10.6 Å². The highest BCUT2D eigenvalue weighted by Crippen LogP contribution is 1.82. The second kappa shape index (κ2) is 13.1. The van der Waals surface area contributed by atoms with Gasteiger partial charge in [0.15, 0.2) is 0 Å². The maximum absolute atomic E-state index is 10.3. The topological polar surface area (TPSA) is 58.2 Å². The molecule has 0 atom stereocenters. The lowest BCUT2D eigenvalue weighted by Gasteiger charge is -1.91. The van der Waals surface area contributed by atoms with Gasteiger partial charge in [-0.05, 0) is 13.8 Å². The lowest BCUT2D eigenvalue weighted by Crippen LogP contribution is -2.17. The maximum atomic E-state index is 10.3. The number of hydrogen-bond acceptors (Lipinski definition) is 2. The van der Waals surface area contributed by atoms with Crippen molar-refractivity contribution in [2.45, 2.75) is 13.8 Å². The highest BCUT2D eigenvalue weighted by Gasteiger charge is 1.93. The van der Waals surface area contributed by atoms with Crippen LogP contribution in [0.2, 0.25) is 0 Å². The molecule has 0 spiro atoms. The van der Waals surface area contributed by atoms with E-state index < -0.39 is 0 Å². The Kier molecular flexibility index (Phi) is 13.1. The first-order valence-corrected chi connectivity index (χ1v) is 6.12. The monoisotopic (exact) mass is 276 g/mol. The molecule has 0 fully saturated rings. The van der Waals surface area contributed by atoms with Gasteiger partial charge < -0.3 is 10.6 Å². The molecular formula is C16H24N2O2. The lowest BCUT2D eigenvalue weighted by molar-refractivity contribution is -0.117. The van der Waals surface area contributed by atoms with E-state index in [1.165, 1.54) is 0 Å². The summed E-state index contributed by atoms with van der Waals surface area (Å²) < 4.78 is 0. The van der Waals surface area contributed by atoms with Gasteiger partial charge in [-0.15, -0.1) is 0 Å². The molecule has 0 unspecified atom stereocenters. The van der Waals surface area contributed by atoms with E-state index in [0.717, 1.165) is 0 Å². The Balaban J connectivity index is 0. The minimum Gasteiger partial charge on any atom is -0.355 e. The van der Waals surface area contributed by atoms with Crippen LogP contribution in [0.15, 0.2) is 60.7 Å². The standard InChI is InChI=1S/C6H6.2C5H9NO/c1-2-4-6-5-3-1;2*1-4(2)5(7)6-3/h1-6H;2*1H2,2-3H3,(H,6,7). The summed E-state index contributed by atoms with van der Waals surface area (Å²) in [7, 11) is 3.16. The van der Waals surface area contributed by atoms with Crippen LogP contribution >= 0.6 is 0 Å². The first-order chi connectivity index (χ1) is 9.36. The van der Waals surface area contributed by atoms with E-state index in [2.05, 4.69) is 23.8 Å². The first kappa shape index (κ1) is 20.0. The molecule has 2 amide bonds. The van der Waals surface area contributed by atoms with Crippen LogP contribution in [-0.2, 0) is 9.59 Å². The van der Waals surface area contributed by atoms with Crippen molar-refractivity contribution in [3.05, 3.63) is 60.7 Å². The summed E-state index contributed by atoms with van der Waals surface area (Å²) in [5.41, 5.74) is 1.09. The zero-order valence-corrected chi connectivity index (χ0v) is 12.7. The van der Waals surface area contributed by atoms with Crippen LogP contribution in [0.25, 0.3) is 0 Å². The molecule has 0 aliphatic carbocycles. The van der Waals surface area contributed by atoms with Crippen molar-refractivity contribution in [3.8, 4) is 0 Å². The molecule has 0 radical (unpaired) electrons. The molecule has 1 aromatic rings. The molecule has 0 saturated heterocycles. The number of nitrogens with one attached hydrogen (secondary N) is 2. The van der Waals surface area contributed by atoms with Gasteiger partial charge >= 0.3 is 0 Å². The molecule has 1 rings (SSSR count). The van der Waals surface area contributed by atoms with Gasteiger partial charge in [0, 0.05) is 25.2 Å². The summed E-state index contributed by atoms with van der Waals surface area (Å²) in [6.45, 7) is 10.2. The van der Waals surface area contributed by atoms with Crippen LogP contribution in [0.1, 0.15) is 13.8 Å². The summed E-state index contributed by atoms with van der Waals surface area (Å²) in [5.74, 6) is -0.194. The van der Waals surface area contributed by atoms with E-state index in [1.54, 1.807) is 27.9 Å². The number of likely N-dealkylation sites (N-methyl/N-ethyl adjacent to an activating group) is 2. The quantitative estimate of drug-likeness (QED) is 0.814. The summed E-state index contributed by atoms with van der Waals surface area (Å²) in [6, 6.07) is 12.0. The predicted octanol–water partition coefficient (Wildman–Crippen LogP) is 2.30. The predicted molar refractivity (Wildman–Crippen MR) is 84.2 cm³/mol. The summed E-state index contributed by atoms with van der Waals surface area (Å²) in [4.78, 5) is 20.6. The van der Waals surface area contributed by atoms with E-state index in [9.17, 15) is 9.59 Å². The van der Waals surface area contributed by atoms with Crippen molar-refractivity contribution in [3.63, 3.8) is 0 Å². The average molecular weight is 276 g/mol. The molecule has 4 heteroatoms. The molecule has 0 heterocycles. The molecule has 0 aromatic heterocycles. The largest absolute Gasteiger partial charge is 0.355 e. The molecule has 0 aliphatic rings. The third kappa shape index (κ3) is 13.7. The van der Waals surface area contributed by atoms with Gasteiger partial charge in [0.1, 0.15) is 0 Å². The third-order valence-corrected chi connectivity index (χ3v) is 1.90. The minimum absolute atomic E-state index is 0.0972. The molecule has 0 aliphatic heterocycles. The van der Waals surface area contributed by atoms with Crippen LogP contribution in [0.3, 0.4) is 0 Å². The Morgan fingerprint density at radius 3 is 0.950 bits per heavy atom. The third-order valence-electron chi connectivity index (χ3n) is 1.90. The first-order valence-electron chi connectivity index (χ1n) is 6.12. The van der Waals surface area contributed by atoms with Crippen LogP contribution in [-0.4, -0.2) is 25.9 Å². The Hall–Kier alpha value is -2.36. The molecule has 110 valence electrons. The Morgan fingerprint density at radius 2 is 0.900 bits per heavy atom. The second-order valence-corrected chi connectivity index (χ2v) is 3.87. The number of benzene rings is 1. The van der Waals surface area contributed by atoms with E-state index in [1.807, 2.05) is 36.4 Å². The van der Waals surface area contributed by atoms with Crippen LogP contribution in [0, 0.1) is 0 Å². The van der Waals surface area contributed by atoms with Crippen molar-refractivity contribution in [2.75, 3.05) is 14.1 Å². The Labute approximate surface area is 121 Å². The average Bonchev–Trinajstić information content (AvgIpc) is 2.48. The van der Waals surface area contributed by atoms with Gasteiger partial charge in [-0.2, -0.15) is 0 Å². The van der Waals surface area contributed by atoms with Gasteiger partial charge in [-0.3, -0.25) is 9.59 Å². The fourth-order valence-electron chi connectivity index (χ4n) is 0.812. The van der Waals surface area contributed by atoms with Gasteiger partial charge in [-0.1, -0.05) is 49.6 Å². The van der Waals surface area contributed by atoms with Gasteiger partial charge in [0.05, 0.1) is 0 Å². The lowest BCUT2D eigenvalue weighted by atomic mass is 10.3. The molecule has 0 saturated carbocycles. The SMILES string of the molecule is C=C(C)C(=O)NC.C=C(C)C(=O)NC.c1ccccc1. The summed E-state index contributed by atoms with van der Waals surface area (Å²) in [5, 5.41) is 4.85. The van der Waals surface area contributed by atoms with E-state index >= 15 is 0 Å². The van der Waals surface area contributed by atoms with Gasteiger partial charge in [-0.25, -0.2) is 0 Å². The van der Waals surface area contributed by atoms with Crippen molar-refractivity contribution >= 4 is 11.8 Å². The van der Waals surface area contributed by atoms with Gasteiger partial charge in [0.2, 0.25) is 11.8 Å². The molecular weight excluding hydrogens is 252 g/mol. The summed E-state index contributed by atoms with van der Waals surface area (Å²) in [6.07, 6.45) is 0. The van der Waals surface area contributed by atoms with Crippen molar-refractivity contribution in [1.29, 1.82) is 0 Å². The van der Waals surface area contributed by atoms with Crippen LogP contribution in [0.4, 0.5) is 0 Å². The maximum Gasteiger partial charge on any atom is 0.246 e. The van der Waals surface area contributed by atoms with E-state index in [-0.39, 0.29) is 11.8 Å². The number of carbonyl (C=O) groups is 2. The van der Waals surface area contributed by atoms with E-state index in [4.69, 9.17) is 0 Å². The molecule has 1 aromatic carbocycles. The smallest absolute Gasteiger partial charge is 0.246 e. The minimum atomic E-state index is -0.0972. The van der Waals surface area contributed by atoms with Crippen molar-refractivity contribution < 1.29 is 9.59 Å². The number of hydrogen-bond donors (Lipinski definition) is 2. The molecule has 20 heavy (non-hydrogen) atoms. The zero-order valence-electron chi connectivity index (χ0n) is 12.7. The Morgan fingerprint density at radius 1 is 0.700 bits per heavy atom. The highest BCUT2D eigenvalue weighted by molar-refractivity contribution is 5.92. The summed E-state index contributed by atoms with van der Waals surface area (Å²) >= 11 is 0. The van der Waals surface area contributed by atoms with Crippen LogP contribution in [0.5, 0.6) is 0 Å². The molecule has 4 nitrogen and oxygen atoms in total.